The summed E-state index contributed by atoms with van der Waals surface area (Å²) in [7, 11) is 0. The highest BCUT2D eigenvalue weighted by Crippen LogP contribution is 2.59. The Labute approximate surface area is 178 Å². The molecule has 4 fully saturated rings. The van der Waals surface area contributed by atoms with Crippen LogP contribution in [-0.4, -0.2) is 47.0 Å². The number of likely N-dealkylation sites (tertiary alicyclic amines) is 1. The van der Waals surface area contributed by atoms with Crippen LogP contribution in [0, 0.1) is 29.1 Å². The van der Waals surface area contributed by atoms with Gasteiger partial charge in [0, 0.05) is 13.1 Å². The molecule has 0 spiro atoms. The second-order valence-electron chi connectivity index (χ2n) is 11.2. The molecule has 3 aliphatic carbocycles. The van der Waals surface area contributed by atoms with Crippen molar-refractivity contribution in [2.45, 2.75) is 90.8 Å². The molecule has 1 aliphatic heterocycles. The number of rotatable bonds is 4. The van der Waals surface area contributed by atoms with Crippen LogP contribution < -0.4 is 0 Å². The van der Waals surface area contributed by atoms with E-state index in [0.717, 1.165) is 36.5 Å². The van der Waals surface area contributed by atoms with Crippen molar-refractivity contribution >= 4 is 0 Å². The summed E-state index contributed by atoms with van der Waals surface area (Å²) in [5, 5.41) is 20.0. The molecule has 0 aromatic carbocycles. The summed E-state index contributed by atoms with van der Waals surface area (Å²) >= 11 is 0. The van der Waals surface area contributed by atoms with Gasteiger partial charge in [-0.15, -0.1) is 0 Å². The quantitative estimate of drug-likeness (QED) is 0.701. The molecule has 1 heterocycles. The van der Waals surface area contributed by atoms with Crippen LogP contribution in [0.3, 0.4) is 0 Å². The number of aliphatic hydroxyl groups excluding tert-OH is 2. The van der Waals surface area contributed by atoms with Gasteiger partial charge >= 0.3 is 0 Å². The third-order valence-corrected chi connectivity index (χ3v) is 8.85. The topological polar surface area (TPSA) is 43.7 Å². The summed E-state index contributed by atoms with van der Waals surface area (Å²) in [5.41, 5.74) is 3.33. The van der Waals surface area contributed by atoms with Gasteiger partial charge in [0.2, 0.25) is 0 Å². The molecule has 29 heavy (non-hydrogen) atoms. The van der Waals surface area contributed by atoms with E-state index in [2.05, 4.69) is 37.8 Å². The molecule has 0 aromatic rings. The van der Waals surface area contributed by atoms with Crippen molar-refractivity contribution in [2.75, 3.05) is 19.6 Å². The molecule has 3 heteroatoms. The highest BCUT2D eigenvalue weighted by Gasteiger charge is 2.50. The predicted octanol–water partition coefficient (Wildman–Crippen LogP) is 4.94. The van der Waals surface area contributed by atoms with E-state index in [-0.39, 0.29) is 12.2 Å². The first-order chi connectivity index (χ1) is 13.8. The lowest BCUT2D eigenvalue weighted by Gasteiger charge is -2.45. The fourth-order valence-electron chi connectivity index (χ4n) is 7.47. The summed E-state index contributed by atoms with van der Waals surface area (Å²) in [6, 6.07) is 0. The van der Waals surface area contributed by atoms with E-state index in [1.54, 1.807) is 5.57 Å². The van der Waals surface area contributed by atoms with E-state index in [9.17, 15) is 10.2 Å². The maximum absolute atomic E-state index is 9.98. The minimum absolute atomic E-state index is 0.370. The highest BCUT2D eigenvalue weighted by atomic mass is 16.3. The second-order valence-corrected chi connectivity index (χ2v) is 11.2. The van der Waals surface area contributed by atoms with Crippen molar-refractivity contribution in [3.63, 3.8) is 0 Å². The number of hydrogen-bond acceptors (Lipinski definition) is 3. The molecule has 164 valence electrons. The minimum Gasteiger partial charge on any atom is -0.393 e. The van der Waals surface area contributed by atoms with E-state index < -0.39 is 0 Å². The lowest BCUT2D eigenvalue weighted by atomic mass is 9.61. The molecule has 1 unspecified atom stereocenters. The summed E-state index contributed by atoms with van der Waals surface area (Å²) in [6.45, 7) is 11.4. The van der Waals surface area contributed by atoms with Crippen molar-refractivity contribution in [3.05, 3.63) is 23.3 Å². The zero-order valence-electron chi connectivity index (χ0n) is 18.9. The van der Waals surface area contributed by atoms with Crippen LogP contribution in [-0.2, 0) is 0 Å². The van der Waals surface area contributed by atoms with Crippen molar-refractivity contribution in [1.29, 1.82) is 0 Å². The zero-order valence-corrected chi connectivity index (χ0v) is 18.9. The number of hydrogen-bond donors (Lipinski definition) is 2. The Kier molecular flexibility index (Phi) is 6.58. The molecule has 2 N–H and O–H groups in total. The average molecular weight is 402 g/mol. The minimum atomic E-state index is -0.370. The second kappa shape index (κ2) is 8.85. The van der Waals surface area contributed by atoms with Crippen LogP contribution in [0.25, 0.3) is 0 Å². The highest BCUT2D eigenvalue weighted by molar-refractivity contribution is 5.26. The maximum Gasteiger partial charge on any atom is 0.0602 e. The Morgan fingerprint density at radius 1 is 1.14 bits per heavy atom. The van der Waals surface area contributed by atoms with Crippen molar-refractivity contribution < 1.29 is 10.2 Å². The molecule has 3 nitrogen and oxygen atoms in total. The van der Waals surface area contributed by atoms with Crippen LogP contribution in [0.2, 0.25) is 0 Å². The van der Waals surface area contributed by atoms with Crippen molar-refractivity contribution in [1.82, 2.24) is 4.90 Å². The van der Waals surface area contributed by atoms with Crippen molar-refractivity contribution in [2.24, 2.45) is 29.1 Å². The van der Waals surface area contributed by atoms with Gasteiger partial charge in [-0.3, -0.25) is 0 Å². The molecule has 7 atom stereocenters. The van der Waals surface area contributed by atoms with Gasteiger partial charge < -0.3 is 15.1 Å². The van der Waals surface area contributed by atoms with E-state index in [4.69, 9.17) is 0 Å². The Morgan fingerprint density at radius 3 is 2.59 bits per heavy atom. The molecule has 1 saturated heterocycles. The van der Waals surface area contributed by atoms with E-state index in [0.29, 0.717) is 11.8 Å². The lowest BCUT2D eigenvalue weighted by molar-refractivity contribution is 0.0609. The molecule has 0 radical (unpaired) electrons. The number of fused-ring (bicyclic) bond motifs is 1. The number of nitrogens with zero attached hydrogens (tertiary/aromatic N) is 1. The molecule has 4 aliphatic rings. The zero-order chi connectivity index (χ0) is 20.6. The fraction of sp³-hybridized carbons (Fsp3) is 0.846. The molecule has 4 rings (SSSR count). The predicted molar refractivity (Wildman–Crippen MR) is 120 cm³/mol. The molecular formula is C26H43NO2. The van der Waals surface area contributed by atoms with Gasteiger partial charge in [0.1, 0.15) is 0 Å². The number of aliphatic hydroxyl groups is 2. The van der Waals surface area contributed by atoms with E-state index in [1.165, 1.54) is 63.7 Å². The molecule has 3 saturated carbocycles. The maximum atomic E-state index is 9.98. The van der Waals surface area contributed by atoms with Crippen molar-refractivity contribution in [3.8, 4) is 0 Å². The molecular weight excluding hydrogens is 358 g/mol. The van der Waals surface area contributed by atoms with Gasteiger partial charge in [-0.05, 0) is 93.4 Å². The lowest BCUT2D eigenvalue weighted by Crippen LogP contribution is -2.39. The first-order valence-electron chi connectivity index (χ1n) is 12.3. The normalized spacial score (nSPS) is 43.6. The fourth-order valence-corrected chi connectivity index (χ4v) is 7.47. The monoisotopic (exact) mass is 401 g/mol. The molecule has 0 amide bonds. The van der Waals surface area contributed by atoms with Gasteiger partial charge in [-0.25, -0.2) is 0 Å². The van der Waals surface area contributed by atoms with E-state index in [1.807, 2.05) is 0 Å². The molecule has 0 bridgehead atoms. The summed E-state index contributed by atoms with van der Waals surface area (Å²) in [5.74, 6) is 3.24. The van der Waals surface area contributed by atoms with E-state index >= 15 is 0 Å². The SMILES string of the molecule is CC1CCN(C[C@@H](C)[C@H]2CC[C@H]3/C(=C/C=C4C[C@@H](O)C[C@H](O)C4)CCC[C@]23C)C1. The summed E-state index contributed by atoms with van der Waals surface area (Å²) in [6.07, 6.45) is 13.9. The number of allylic oxidation sites excluding steroid dienone is 3. The van der Waals surface area contributed by atoms with Crippen LogP contribution in [0.1, 0.15) is 78.6 Å². The Hall–Kier alpha value is -0.640. The van der Waals surface area contributed by atoms with Gasteiger partial charge in [-0.1, -0.05) is 44.1 Å². The third-order valence-electron chi connectivity index (χ3n) is 8.85. The Bertz CT molecular complexity index is 629. The summed E-state index contributed by atoms with van der Waals surface area (Å²) < 4.78 is 0. The average Bonchev–Trinajstić information content (AvgIpc) is 3.21. The third kappa shape index (κ3) is 4.67. The molecule has 0 aromatic heterocycles. The summed E-state index contributed by atoms with van der Waals surface area (Å²) in [4.78, 5) is 2.72. The van der Waals surface area contributed by atoms with Crippen LogP contribution in [0.15, 0.2) is 23.3 Å². The van der Waals surface area contributed by atoms with Gasteiger partial charge in [0.15, 0.2) is 0 Å². The Balaban J connectivity index is 1.44. The smallest absolute Gasteiger partial charge is 0.0602 e. The van der Waals surface area contributed by atoms with Crippen LogP contribution in [0.5, 0.6) is 0 Å². The van der Waals surface area contributed by atoms with Crippen LogP contribution in [0.4, 0.5) is 0 Å². The largest absolute Gasteiger partial charge is 0.393 e. The van der Waals surface area contributed by atoms with Crippen LogP contribution >= 0.6 is 0 Å². The van der Waals surface area contributed by atoms with Gasteiger partial charge in [0.25, 0.3) is 0 Å². The van der Waals surface area contributed by atoms with Gasteiger partial charge in [0.05, 0.1) is 12.2 Å². The standard InChI is InChI=1S/C26H43NO2/c1-18-10-12-27(16-18)17-19(2)24-8-9-25-21(5-4-11-26(24,25)3)7-6-20-13-22(28)15-23(29)14-20/h6-7,18-19,22-25,28-29H,4-5,8-17H2,1-3H3/b21-7+/t18?,19-,22-,23-,24-,25+,26-/m1/s1. The van der Waals surface area contributed by atoms with Gasteiger partial charge in [-0.2, -0.15) is 0 Å². The first-order valence-corrected chi connectivity index (χ1v) is 12.3. The first kappa shape index (κ1) is 21.6. The Morgan fingerprint density at radius 2 is 1.90 bits per heavy atom.